The predicted molar refractivity (Wildman–Crippen MR) is 93.1 cm³/mol. The van der Waals surface area contributed by atoms with E-state index in [0.717, 1.165) is 0 Å². The third-order valence-corrected chi connectivity index (χ3v) is 3.95. The van der Waals surface area contributed by atoms with E-state index >= 15 is 0 Å². The van der Waals surface area contributed by atoms with Gasteiger partial charge in [0.2, 0.25) is 0 Å². The van der Waals surface area contributed by atoms with Gasteiger partial charge in [0.15, 0.2) is 5.78 Å². The summed E-state index contributed by atoms with van der Waals surface area (Å²) in [5.74, 6) is -0.202. The lowest BCUT2D eigenvalue weighted by atomic mass is 9.89. The van der Waals surface area contributed by atoms with Gasteiger partial charge < -0.3 is 10.6 Å². The second-order valence-corrected chi connectivity index (χ2v) is 5.51. The Labute approximate surface area is 144 Å². The molecule has 0 spiro atoms. The zero-order valence-electron chi connectivity index (χ0n) is 13.4. The summed E-state index contributed by atoms with van der Waals surface area (Å²) in [6.07, 6.45) is 0. The topological polar surface area (TPSA) is 107 Å². The minimum absolute atomic E-state index is 0.202. The fraction of sp³-hybridized carbons (Fsp3) is 0.111. The lowest BCUT2D eigenvalue weighted by molar-refractivity contribution is 0.102. The quantitative estimate of drug-likeness (QED) is 0.380. The number of hydrogen-bond acceptors (Lipinski definition) is 3. The van der Waals surface area contributed by atoms with E-state index in [1.54, 1.807) is 55.5 Å². The van der Waals surface area contributed by atoms with Gasteiger partial charge in [-0.1, -0.05) is 59.7 Å². The molecule has 25 heavy (non-hydrogen) atoms. The number of nitrogens with one attached hydrogen (secondary N) is 2. The summed E-state index contributed by atoms with van der Waals surface area (Å²) in [5, 5.41) is 9.06. The molecule has 1 heterocycles. The summed E-state index contributed by atoms with van der Waals surface area (Å²) in [5.41, 5.74) is 11.1. The van der Waals surface area contributed by atoms with Crippen molar-refractivity contribution in [3.05, 3.63) is 87.4 Å². The number of benzene rings is 2. The summed E-state index contributed by atoms with van der Waals surface area (Å²) in [7, 11) is 0. The first kappa shape index (κ1) is 16.3. The van der Waals surface area contributed by atoms with Crippen molar-refractivity contribution in [1.82, 2.24) is 10.6 Å². The fourth-order valence-electron chi connectivity index (χ4n) is 2.84. The molecule has 0 bridgehead atoms. The van der Waals surface area contributed by atoms with Crippen LogP contribution in [0.1, 0.15) is 28.9 Å². The first-order valence-electron chi connectivity index (χ1n) is 7.64. The number of carbonyl (C=O) groups excluding carboxylic acids is 2. The Morgan fingerprint density at radius 2 is 1.80 bits per heavy atom. The van der Waals surface area contributed by atoms with Crippen LogP contribution in [-0.2, 0) is 0 Å². The maximum atomic E-state index is 13.0. The van der Waals surface area contributed by atoms with Gasteiger partial charge in [0.1, 0.15) is 0 Å². The van der Waals surface area contributed by atoms with Crippen molar-refractivity contribution < 1.29 is 9.59 Å². The number of Topliss-reactive ketones (excluding diaryl/α,β-unsaturated/α-hetero) is 1. The van der Waals surface area contributed by atoms with Gasteiger partial charge in [0.05, 0.1) is 6.04 Å². The zero-order valence-corrected chi connectivity index (χ0v) is 13.4. The number of urea groups is 1. The van der Waals surface area contributed by atoms with Crippen molar-refractivity contribution in [3.8, 4) is 0 Å². The van der Waals surface area contributed by atoms with Gasteiger partial charge in [0, 0.05) is 27.4 Å². The molecule has 2 amide bonds. The van der Waals surface area contributed by atoms with Gasteiger partial charge in [-0.05, 0) is 18.0 Å². The van der Waals surface area contributed by atoms with Crippen molar-refractivity contribution >= 4 is 17.5 Å². The first-order chi connectivity index (χ1) is 12.1. The molecular weight excluding hydrogens is 318 g/mol. The van der Waals surface area contributed by atoms with Crippen LogP contribution in [0.3, 0.4) is 0 Å². The van der Waals surface area contributed by atoms with E-state index < -0.39 is 12.1 Å². The summed E-state index contributed by atoms with van der Waals surface area (Å²) < 4.78 is 0. The van der Waals surface area contributed by atoms with Crippen LogP contribution in [0, 0.1) is 0 Å². The lowest BCUT2D eigenvalue weighted by Gasteiger charge is -2.29. The van der Waals surface area contributed by atoms with Crippen molar-refractivity contribution in [3.63, 3.8) is 0 Å². The van der Waals surface area contributed by atoms with Gasteiger partial charge >= 0.3 is 6.03 Å². The van der Waals surface area contributed by atoms with Crippen LogP contribution >= 0.6 is 0 Å². The van der Waals surface area contributed by atoms with Crippen LogP contribution in [0.2, 0.25) is 0 Å². The van der Waals surface area contributed by atoms with Gasteiger partial charge in [-0.2, -0.15) is 0 Å². The van der Waals surface area contributed by atoms with Crippen LogP contribution in [-0.4, -0.2) is 11.8 Å². The highest BCUT2D eigenvalue weighted by Crippen LogP contribution is 2.34. The Balaban J connectivity index is 2.14. The van der Waals surface area contributed by atoms with E-state index in [1.807, 2.05) is 6.07 Å². The summed E-state index contributed by atoms with van der Waals surface area (Å²) in [4.78, 5) is 27.8. The van der Waals surface area contributed by atoms with Crippen molar-refractivity contribution in [2.45, 2.75) is 13.0 Å². The number of ketones is 1. The molecule has 1 unspecified atom stereocenters. The SMILES string of the molecule is CC1=C(C(=O)c2ccccc2)C(c2ccccc2N=[N+]=[N-])NC(=O)N1. The molecule has 0 saturated heterocycles. The number of amides is 2. The summed E-state index contributed by atoms with van der Waals surface area (Å²) in [6.45, 7) is 1.68. The second kappa shape index (κ2) is 6.90. The average Bonchev–Trinajstić information content (AvgIpc) is 2.62. The number of carbonyl (C=O) groups is 2. The molecule has 2 aromatic carbocycles. The third-order valence-electron chi connectivity index (χ3n) is 3.95. The Hall–Kier alpha value is -3.57. The monoisotopic (exact) mass is 333 g/mol. The molecule has 7 nitrogen and oxygen atoms in total. The Morgan fingerprint density at radius 3 is 2.52 bits per heavy atom. The highest BCUT2D eigenvalue weighted by Gasteiger charge is 2.32. The standard InChI is InChI=1S/C18H15N5O2/c1-11-15(17(24)12-7-3-2-4-8-12)16(21-18(25)20-11)13-9-5-6-10-14(13)22-23-19/h2-10,16H,1H3,(H2,20,21,25). The van der Waals surface area contributed by atoms with E-state index in [1.165, 1.54) is 0 Å². The molecule has 0 aliphatic carbocycles. The van der Waals surface area contributed by atoms with Gasteiger partial charge in [-0.3, -0.25) is 4.79 Å². The highest BCUT2D eigenvalue weighted by molar-refractivity contribution is 6.11. The van der Waals surface area contributed by atoms with Crippen LogP contribution in [0.4, 0.5) is 10.5 Å². The largest absolute Gasteiger partial charge is 0.327 e. The van der Waals surface area contributed by atoms with E-state index in [0.29, 0.717) is 28.1 Å². The average molecular weight is 333 g/mol. The Morgan fingerprint density at radius 1 is 1.12 bits per heavy atom. The van der Waals surface area contributed by atoms with Gasteiger partial charge in [-0.15, -0.1) is 0 Å². The molecule has 3 rings (SSSR count). The molecule has 1 atom stereocenters. The van der Waals surface area contributed by atoms with Gasteiger partial charge in [0.25, 0.3) is 0 Å². The molecule has 0 aromatic heterocycles. The van der Waals surface area contributed by atoms with Gasteiger partial charge in [-0.25, -0.2) is 4.79 Å². The van der Waals surface area contributed by atoms with E-state index in [9.17, 15) is 9.59 Å². The van der Waals surface area contributed by atoms with Crippen molar-refractivity contribution in [2.75, 3.05) is 0 Å². The number of hydrogen-bond donors (Lipinski definition) is 2. The molecule has 0 radical (unpaired) electrons. The molecule has 0 fully saturated rings. The first-order valence-corrected chi connectivity index (χ1v) is 7.64. The molecule has 7 heteroatoms. The van der Waals surface area contributed by atoms with Crippen molar-refractivity contribution in [2.24, 2.45) is 5.11 Å². The molecule has 2 N–H and O–H groups in total. The number of rotatable bonds is 4. The molecular formula is C18H15N5O2. The van der Waals surface area contributed by atoms with Crippen LogP contribution in [0.15, 0.2) is 71.0 Å². The van der Waals surface area contributed by atoms with E-state index in [2.05, 4.69) is 20.7 Å². The Bertz CT molecular complexity index is 914. The van der Waals surface area contributed by atoms with E-state index in [4.69, 9.17) is 5.53 Å². The molecule has 0 saturated carbocycles. The molecule has 124 valence electrons. The molecule has 1 aliphatic rings. The fourth-order valence-corrected chi connectivity index (χ4v) is 2.84. The number of allylic oxidation sites excluding steroid dienone is 1. The summed E-state index contributed by atoms with van der Waals surface area (Å²) in [6, 6.07) is 14.6. The third kappa shape index (κ3) is 3.22. The lowest BCUT2D eigenvalue weighted by Crippen LogP contribution is -2.45. The maximum Gasteiger partial charge on any atom is 0.319 e. The van der Waals surface area contributed by atoms with Crippen LogP contribution in [0.5, 0.6) is 0 Å². The minimum Gasteiger partial charge on any atom is -0.327 e. The zero-order chi connectivity index (χ0) is 17.8. The number of nitrogens with zero attached hydrogens (tertiary/aromatic N) is 3. The Kier molecular flexibility index (Phi) is 4.50. The highest BCUT2D eigenvalue weighted by atomic mass is 16.2. The van der Waals surface area contributed by atoms with Crippen LogP contribution in [0.25, 0.3) is 10.4 Å². The molecule has 2 aromatic rings. The predicted octanol–water partition coefficient (Wildman–Crippen LogP) is 4.14. The normalized spacial score (nSPS) is 16.5. The second-order valence-electron chi connectivity index (χ2n) is 5.51. The number of azide groups is 1. The smallest absolute Gasteiger partial charge is 0.319 e. The van der Waals surface area contributed by atoms with E-state index in [-0.39, 0.29) is 5.78 Å². The minimum atomic E-state index is -0.705. The van der Waals surface area contributed by atoms with Crippen LogP contribution < -0.4 is 10.6 Å². The summed E-state index contributed by atoms with van der Waals surface area (Å²) >= 11 is 0. The van der Waals surface area contributed by atoms with Crippen molar-refractivity contribution in [1.29, 1.82) is 0 Å². The molecule has 1 aliphatic heterocycles. The maximum absolute atomic E-state index is 13.0.